The van der Waals surface area contributed by atoms with Crippen LogP contribution in [0.2, 0.25) is 0 Å². The van der Waals surface area contributed by atoms with Crippen molar-refractivity contribution in [2.45, 2.75) is 63.6 Å². The molecule has 86 valence electrons. The minimum atomic E-state index is -0.0429. The molecule has 0 spiro atoms. The summed E-state index contributed by atoms with van der Waals surface area (Å²) in [5.41, 5.74) is 0. The van der Waals surface area contributed by atoms with Crippen LogP contribution in [0, 0.1) is 0 Å². The predicted molar refractivity (Wildman–Crippen MR) is 58.6 cm³/mol. The van der Waals surface area contributed by atoms with Gasteiger partial charge < -0.3 is 4.74 Å². The summed E-state index contributed by atoms with van der Waals surface area (Å²) >= 11 is 0. The maximum atomic E-state index is 11.5. The Morgan fingerprint density at radius 1 is 1.27 bits per heavy atom. The van der Waals surface area contributed by atoms with E-state index >= 15 is 0 Å². The van der Waals surface area contributed by atoms with Crippen molar-refractivity contribution in [2.24, 2.45) is 0 Å². The summed E-state index contributed by atoms with van der Waals surface area (Å²) in [5, 5.41) is 0. The highest BCUT2D eigenvalue weighted by Crippen LogP contribution is 2.34. The van der Waals surface area contributed by atoms with Crippen LogP contribution in [0.5, 0.6) is 0 Å². The third-order valence-corrected chi connectivity index (χ3v) is 3.90. The maximum absolute atomic E-state index is 11.5. The second-order valence-corrected chi connectivity index (χ2v) is 4.86. The normalized spacial score (nSPS) is 33.5. The molecule has 3 nitrogen and oxygen atoms in total. The van der Waals surface area contributed by atoms with Crippen molar-refractivity contribution < 1.29 is 9.53 Å². The third kappa shape index (κ3) is 2.03. The number of carbonyl (C=O) groups excluding carboxylic acids is 1. The Kier molecular flexibility index (Phi) is 3.29. The highest BCUT2D eigenvalue weighted by atomic mass is 16.5. The van der Waals surface area contributed by atoms with E-state index in [4.69, 9.17) is 4.74 Å². The smallest absolute Gasteiger partial charge is 0.323 e. The zero-order valence-corrected chi connectivity index (χ0v) is 9.74. The molecule has 0 unspecified atom stereocenters. The van der Waals surface area contributed by atoms with Gasteiger partial charge in [0.2, 0.25) is 0 Å². The Balaban J connectivity index is 1.96. The van der Waals surface area contributed by atoms with Gasteiger partial charge in [0.05, 0.1) is 7.11 Å². The minimum absolute atomic E-state index is 0.0429. The topological polar surface area (TPSA) is 29.5 Å². The minimum Gasteiger partial charge on any atom is -0.468 e. The Bertz CT molecular complexity index is 236. The summed E-state index contributed by atoms with van der Waals surface area (Å²) in [4.78, 5) is 13.9. The predicted octanol–water partition coefficient (Wildman–Crippen LogP) is 1.95. The highest BCUT2D eigenvalue weighted by molar-refractivity contribution is 5.77. The number of esters is 1. The van der Waals surface area contributed by atoms with Crippen molar-refractivity contribution >= 4 is 5.97 Å². The van der Waals surface area contributed by atoms with Crippen molar-refractivity contribution in [1.29, 1.82) is 0 Å². The van der Waals surface area contributed by atoms with Crippen molar-refractivity contribution in [3.63, 3.8) is 0 Å². The number of ether oxygens (including phenoxy) is 1. The number of carbonyl (C=O) groups is 1. The van der Waals surface area contributed by atoms with Gasteiger partial charge in [0.25, 0.3) is 0 Å². The van der Waals surface area contributed by atoms with E-state index in [1.807, 2.05) is 0 Å². The van der Waals surface area contributed by atoms with Gasteiger partial charge in [-0.25, -0.2) is 0 Å². The van der Waals surface area contributed by atoms with Crippen molar-refractivity contribution in [1.82, 2.24) is 4.90 Å². The highest BCUT2D eigenvalue weighted by Gasteiger charge is 2.44. The van der Waals surface area contributed by atoms with E-state index in [1.165, 1.54) is 39.2 Å². The fourth-order valence-electron chi connectivity index (χ4n) is 3.08. The van der Waals surface area contributed by atoms with Crippen molar-refractivity contribution in [3.05, 3.63) is 0 Å². The summed E-state index contributed by atoms with van der Waals surface area (Å²) in [6.45, 7) is 2.22. The lowest BCUT2D eigenvalue weighted by Gasteiger charge is -2.50. The largest absolute Gasteiger partial charge is 0.468 e. The van der Waals surface area contributed by atoms with Crippen LogP contribution in [0.15, 0.2) is 0 Å². The van der Waals surface area contributed by atoms with Gasteiger partial charge in [0, 0.05) is 12.1 Å². The van der Waals surface area contributed by atoms with Crippen LogP contribution in [-0.4, -0.2) is 36.1 Å². The molecule has 2 aliphatic rings. The molecule has 15 heavy (non-hydrogen) atoms. The Hall–Kier alpha value is -0.570. The monoisotopic (exact) mass is 211 g/mol. The fourth-order valence-corrected chi connectivity index (χ4v) is 3.08. The Morgan fingerprint density at radius 2 is 1.93 bits per heavy atom. The van der Waals surface area contributed by atoms with E-state index < -0.39 is 0 Å². The summed E-state index contributed by atoms with van der Waals surface area (Å²) in [6.07, 6.45) is 7.50. The van der Waals surface area contributed by atoms with Crippen LogP contribution >= 0.6 is 0 Å². The van der Waals surface area contributed by atoms with Gasteiger partial charge in [0.1, 0.15) is 6.04 Å². The standard InChI is InChI=1S/C12H21NO2/c1-9-8-11(12(14)15-2)13(9)10-6-4-3-5-7-10/h9-11H,3-8H2,1-2H3/t9-,11-/m0/s1. The first-order chi connectivity index (χ1) is 7.24. The molecular formula is C12H21NO2. The molecule has 2 fully saturated rings. The molecule has 1 saturated carbocycles. The van der Waals surface area contributed by atoms with Gasteiger partial charge in [-0.05, 0) is 26.2 Å². The van der Waals surface area contributed by atoms with Crippen molar-refractivity contribution in [3.8, 4) is 0 Å². The van der Waals surface area contributed by atoms with Gasteiger partial charge in [-0.2, -0.15) is 0 Å². The average molecular weight is 211 g/mol. The van der Waals surface area contributed by atoms with E-state index in [0.29, 0.717) is 12.1 Å². The second kappa shape index (κ2) is 4.52. The van der Waals surface area contributed by atoms with E-state index in [9.17, 15) is 4.79 Å². The van der Waals surface area contributed by atoms with Gasteiger partial charge in [-0.1, -0.05) is 19.3 Å². The lowest BCUT2D eigenvalue weighted by Crippen LogP contribution is -2.62. The average Bonchev–Trinajstić information content (AvgIpc) is 2.26. The molecule has 0 radical (unpaired) electrons. The van der Waals surface area contributed by atoms with E-state index in [-0.39, 0.29) is 12.0 Å². The number of methoxy groups -OCH3 is 1. The number of hydrogen-bond donors (Lipinski definition) is 0. The van der Waals surface area contributed by atoms with Gasteiger partial charge in [-0.3, -0.25) is 9.69 Å². The lowest BCUT2D eigenvalue weighted by molar-refractivity contribution is -0.159. The quantitative estimate of drug-likeness (QED) is 0.654. The molecule has 1 aliphatic heterocycles. The molecule has 0 aromatic rings. The van der Waals surface area contributed by atoms with Crippen LogP contribution in [0.3, 0.4) is 0 Å². The van der Waals surface area contributed by atoms with Gasteiger partial charge in [-0.15, -0.1) is 0 Å². The maximum Gasteiger partial charge on any atom is 0.323 e. The van der Waals surface area contributed by atoms with Crippen LogP contribution in [0.25, 0.3) is 0 Å². The van der Waals surface area contributed by atoms with Crippen LogP contribution in [-0.2, 0) is 9.53 Å². The lowest BCUT2D eigenvalue weighted by atomic mass is 9.85. The summed E-state index contributed by atoms with van der Waals surface area (Å²) < 4.78 is 4.84. The van der Waals surface area contributed by atoms with Gasteiger partial charge >= 0.3 is 5.97 Å². The number of hydrogen-bond acceptors (Lipinski definition) is 3. The first-order valence-corrected chi connectivity index (χ1v) is 6.09. The van der Waals surface area contributed by atoms with E-state index in [0.717, 1.165) is 6.42 Å². The summed E-state index contributed by atoms with van der Waals surface area (Å²) in [6, 6.07) is 1.25. The zero-order chi connectivity index (χ0) is 10.8. The third-order valence-electron chi connectivity index (χ3n) is 3.90. The van der Waals surface area contributed by atoms with Crippen LogP contribution in [0.4, 0.5) is 0 Å². The SMILES string of the molecule is COC(=O)[C@@H]1C[C@H](C)N1C1CCCCC1. The van der Waals surface area contributed by atoms with Gasteiger partial charge in [0.15, 0.2) is 0 Å². The van der Waals surface area contributed by atoms with Crippen LogP contribution in [0.1, 0.15) is 45.4 Å². The summed E-state index contributed by atoms with van der Waals surface area (Å²) in [5.74, 6) is -0.0429. The van der Waals surface area contributed by atoms with Crippen molar-refractivity contribution in [2.75, 3.05) is 7.11 Å². The molecule has 2 atom stereocenters. The van der Waals surface area contributed by atoms with E-state index in [1.54, 1.807) is 0 Å². The first kappa shape index (κ1) is 10.9. The van der Waals surface area contributed by atoms with Crippen LogP contribution < -0.4 is 0 Å². The molecule has 1 saturated heterocycles. The molecule has 0 N–H and O–H groups in total. The zero-order valence-electron chi connectivity index (χ0n) is 9.74. The number of rotatable bonds is 2. The Morgan fingerprint density at radius 3 is 2.47 bits per heavy atom. The molecule has 0 bridgehead atoms. The second-order valence-electron chi connectivity index (χ2n) is 4.86. The summed E-state index contributed by atoms with van der Waals surface area (Å²) in [7, 11) is 1.49. The Labute approximate surface area is 91.8 Å². The molecular weight excluding hydrogens is 190 g/mol. The molecule has 2 rings (SSSR count). The molecule has 1 aliphatic carbocycles. The first-order valence-electron chi connectivity index (χ1n) is 6.09. The number of nitrogens with zero attached hydrogens (tertiary/aromatic N) is 1. The molecule has 3 heteroatoms. The molecule has 0 aromatic carbocycles. The fraction of sp³-hybridized carbons (Fsp3) is 0.917. The number of likely N-dealkylation sites (tertiary alicyclic amines) is 1. The van der Waals surface area contributed by atoms with E-state index in [2.05, 4.69) is 11.8 Å². The molecule has 1 heterocycles. The molecule has 0 amide bonds. The molecule has 0 aromatic heterocycles.